The van der Waals surface area contributed by atoms with Crippen LogP contribution in [0, 0.1) is 11.3 Å². The standard InChI is InChI=1S/C16H15BrN4/c17-14-7-5-12(6-8-14)10-13(11-18)16-20-19-15-4-2-1-3-9-21(15)16/h5-8,10H,1-4,9H2. The molecule has 0 spiro atoms. The van der Waals surface area contributed by atoms with E-state index in [4.69, 9.17) is 0 Å². The van der Waals surface area contributed by atoms with Gasteiger partial charge < -0.3 is 4.57 Å². The molecule has 3 rings (SSSR count). The number of hydrogen-bond acceptors (Lipinski definition) is 3. The number of benzene rings is 1. The van der Waals surface area contributed by atoms with Crippen molar-refractivity contribution in [1.82, 2.24) is 14.8 Å². The van der Waals surface area contributed by atoms with Crippen LogP contribution in [-0.2, 0) is 13.0 Å². The van der Waals surface area contributed by atoms with Gasteiger partial charge in [0.25, 0.3) is 0 Å². The number of halogens is 1. The van der Waals surface area contributed by atoms with Gasteiger partial charge in [-0.15, -0.1) is 10.2 Å². The Balaban J connectivity index is 1.99. The minimum Gasteiger partial charge on any atom is -0.310 e. The average Bonchev–Trinajstić information content (AvgIpc) is 2.75. The van der Waals surface area contributed by atoms with Crippen LogP contribution in [0.25, 0.3) is 11.6 Å². The van der Waals surface area contributed by atoms with Crippen molar-refractivity contribution in [2.24, 2.45) is 0 Å². The first-order valence-electron chi connectivity index (χ1n) is 7.08. The number of fused-ring (bicyclic) bond motifs is 1. The fourth-order valence-electron chi connectivity index (χ4n) is 2.56. The van der Waals surface area contributed by atoms with Crippen LogP contribution in [0.15, 0.2) is 28.7 Å². The highest BCUT2D eigenvalue weighted by atomic mass is 79.9. The second kappa shape index (κ2) is 6.23. The number of rotatable bonds is 2. The van der Waals surface area contributed by atoms with E-state index in [2.05, 4.69) is 36.8 Å². The van der Waals surface area contributed by atoms with E-state index in [0.717, 1.165) is 41.7 Å². The molecule has 0 amide bonds. The molecule has 0 unspecified atom stereocenters. The Morgan fingerprint density at radius 2 is 2.00 bits per heavy atom. The molecule has 0 bridgehead atoms. The average molecular weight is 343 g/mol. The van der Waals surface area contributed by atoms with Gasteiger partial charge in [-0.2, -0.15) is 5.26 Å². The van der Waals surface area contributed by atoms with Crippen molar-refractivity contribution in [1.29, 1.82) is 5.26 Å². The molecule has 0 N–H and O–H groups in total. The smallest absolute Gasteiger partial charge is 0.174 e. The Hall–Kier alpha value is -1.93. The Kier molecular flexibility index (Phi) is 4.16. The largest absolute Gasteiger partial charge is 0.310 e. The SMILES string of the molecule is N#CC(=Cc1ccc(Br)cc1)c1nnc2n1CCCCC2. The first kappa shape index (κ1) is 14.0. The third-order valence-electron chi connectivity index (χ3n) is 3.65. The van der Waals surface area contributed by atoms with Crippen LogP contribution in [0.3, 0.4) is 0 Å². The van der Waals surface area contributed by atoms with Gasteiger partial charge in [0.1, 0.15) is 11.9 Å². The molecule has 0 aliphatic carbocycles. The fraction of sp³-hybridized carbons (Fsp3) is 0.312. The zero-order valence-corrected chi connectivity index (χ0v) is 13.2. The molecule has 0 atom stereocenters. The summed E-state index contributed by atoms with van der Waals surface area (Å²) >= 11 is 3.41. The number of nitriles is 1. The normalized spacial score (nSPS) is 15.1. The van der Waals surface area contributed by atoms with Crippen LogP contribution in [0.4, 0.5) is 0 Å². The molecule has 106 valence electrons. The summed E-state index contributed by atoms with van der Waals surface area (Å²) in [6.07, 6.45) is 6.30. The molecule has 0 saturated heterocycles. The van der Waals surface area contributed by atoms with Gasteiger partial charge in [-0.3, -0.25) is 0 Å². The van der Waals surface area contributed by atoms with E-state index in [-0.39, 0.29) is 0 Å². The second-order valence-corrected chi connectivity index (χ2v) is 6.04. The van der Waals surface area contributed by atoms with Crippen LogP contribution < -0.4 is 0 Å². The zero-order valence-electron chi connectivity index (χ0n) is 11.6. The Bertz CT molecular complexity index is 707. The highest BCUT2D eigenvalue weighted by Gasteiger charge is 2.17. The maximum absolute atomic E-state index is 9.48. The maximum atomic E-state index is 9.48. The molecule has 0 fully saturated rings. The first-order chi connectivity index (χ1) is 10.3. The number of allylic oxidation sites excluding steroid dienone is 1. The predicted octanol–water partition coefficient (Wildman–Crippen LogP) is 3.83. The van der Waals surface area contributed by atoms with E-state index < -0.39 is 0 Å². The minimum absolute atomic E-state index is 0.568. The summed E-state index contributed by atoms with van der Waals surface area (Å²) < 4.78 is 3.12. The molecule has 4 nitrogen and oxygen atoms in total. The summed E-state index contributed by atoms with van der Waals surface area (Å²) in [5, 5.41) is 18.0. The number of aryl methyl sites for hydroxylation is 1. The lowest BCUT2D eigenvalue weighted by Crippen LogP contribution is -2.05. The van der Waals surface area contributed by atoms with Gasteiger partial charge in [0.15, 0.2) is 5.82 Å². The van der Waals surface area contributed by atoms with E-state index in [9.17, 15) is 5.26 Å². The van der Waals surface area contributed by atoms with Gasteiger partial charge in [-0.25, -0.2) is 0 Å². The third kappa shape index (κ3) is 3.06. The maximum Gasteiger partial charge on any atom is 0.174 e. The van der Waals surface area contributed by atoms with E-state index in [1.807, 2.05) is 30.3 Å². The van der Waals surface area contributed by atoms with Gasteiger partial charge in [0.2, 0.25) is 0 Å². The van der Waals surface area contributed by atoms with Gasteiger partial charge in [0, 0.05) is 17.4 Å². The molecular formula is C16H15BrN4. The molecule has 0 saturated carbocycles. The molecule has 1 aromatic carbocycles. The van der Waals surface area contributed by atoms with E-state index in [0.29, 0.717) is 11.4 Å². The highest BCUT2D eigenvalue weighted by Crippen LogP contribution is 2.22. The Morgan fingerprint density at radius 1 is 1.19 bits per heavy atom. The van der Waals surface area contributed by atoms with E-state index >= 15 is 0 Å². The van der Waals surface area contributed by atoms with Crippen molar-refractivity contribution < 1.29 is 0 Å². The molecule has 21 heavy (non-hydrogen) atoms. The van der Waals surface area contributed by atoms with Gasteiger partial charge >= 0.3 is 0 Å². The van der Waals surface area contributed by atoms with Crippen molar-refractivity contribution in [3.05, 3.63) is 46.0 Å². The first-order valence-corrected chi connectivity index (χ1v) is 7.87. The molecule has 1 aliphatic heterocycles. The van der Waals surface area contributed by atoms with Crippen LogP contribution >= 0.6 is 15.9 Å². The molecule has 0 radical (unpaired) electrons. The predicted molar refractivity (Wildman–Crippen MR) is 85.2 cm³/mol. The number of aromatic nitrogens is 3. The molecular weight excluding hydrogens is 328 g/mol. The van der Waals surface area contributed by atoms with Crippen molar-refractivity contribution in [3.8, 4) is 6.07 Å². The molecule has 2 aromatic rings. The summed E-state index contributed by atoms with van der Waals surface area (Å²) in [5.41, 5.74) is 1.55. The quantitative estimate of drug-likeness (QED) is 0.779. The van der Waals surface area contributed by atoms with Crippen LogP contribution in [0.2, 0.25) is 0 Å². The second-order valence-electron chi connectivity index (χ2n) is 5.12. The van der Waals surface area contributed by atoms with Crippen molar-refractivity contribution >= 4 is 27.6 Å². The van der Waals surface area contributed by atoms with Crippen molar-refractivity contribution in [2.75, 3.05) is 0 Å². The molecule has 5 heteroatoms. The summed E-state index contributed by atoms with van der Waals surface area (Å²) in [5.74, 6) is 1.69. The van der Waals surface area contributed by atoms with E-state index in [1.54, 1.807) is 0 Å². The van der Waals surface area contributed by atoms with Crippen molar-refractivity contribution in [2.45, 2.75) is 32.2 Å². The molecule has 1 aliphatic rings. The van der Waals surface area contributed by atoms with Gasteiger partial charge in [-0.1, -0.05) is 34.5 Å². The number of hydrogen-bond donors (Lipinski definition) is 0. The number of nitrogens with zero attached hydrogens (tertiary/aromatic N) is 4. The Morgan fingerprint density at radius 3 is 2.76 bits per heavy atom. The van der Waals surface area contributed by atoms with Gasteiger partial charge in [0.05, 0.1) is 5.57 Å². The lowest BCUT2D eigenvalue weighted by Gasteiger charge is -2.05. The van der Waals surface area contributed by atoms with E-state index in [1.165, 1.54) is 6.42 Å². The summed E-state index contributed by atoms with van der Waals surface area (Å²) in [7, 11) is 0. The van der Waals surface area contributed by atoms with Crippen LogP contribution in [0.5, 0.6) is 0 Å². The fourth-order valence-corrected chi connectivity index (χ4v) is 2.82. The Labute approximate surface area is 132 Å². The van der Waals surface area contributed by atoms with Gasteiger partial charge in [-0.05, 0) is 36.6 Å². The molecule has 2 heterocycles. The zero-order chi connectivity index (χ0) is 14.7. The summed E-state index contributed by atoms with van der Waals surface area (Å²) in [4.78, 5) is 0. The topological polar surface area (TPSA) is 54.5 Å². The summed E-state index contributed by atoms with van der Waals surface area (Å²) in [6, 6.07) is 10.1. The van der Waals surface area contributed by atoms with Crippen LogP contribution in [0.1, 0.15) is 36.5 Å². The summed E-state index contributed by atoms with van der Waals surface area (Å²) in [6.45, 7) is 0.900. The lowest BCUT2D eigenvalue weighted by molar-refractivity contribution is 0.627. The molecule has 1 aromatic heterocycles. The van der Waals surface area contributed by atoms with Crippen molar-refractivity contribution in [3.63, 3.8) is 0 Å². The monoisotopic (exact) mass is 342 g/mol. The third-order valence-corrected chi connectivity index (χ3v) is 4.18. The van der Waals surface area contributed by atoms with Crippen LogP contribution in [-0.4, -0.2) is 14.8 Å². The minimum atomic E-state index is 0.568. The lowest BCUT2D eigenvalue weighted by atomic mass is 10.1. The highest BCUT2D eigenvalue weighted by molar-refractivity contribution is 9.10.